The van der Waals surface area contributed by atoms with Gasteiger partial charge < -0.3 is 19.6 Å². The molecule has 7 nitrogen and oxygen atoms in total. The quantitative estimate of drug-likeness (QED) is 0.380. The van der Waals surface area contributed by atoms with E-state index < -0.39 is 19.5 Å². The highest BCUT2D eigenvalue weighted by atomic mass is 31.2. The van der Waals surface area contributed by atoms with Crippen LogP contribution in [0.15, 0.2) is 23.2 Å². The van der Waals surface area contributed by atoms with Crippen molar-refractivity contribution in [2.75, 3.05) is 0 Å². The van der Waals surface area contributed by atoms with Crippen LogP contribution >= 0.6 is 7.60 Å². The maximum Gasteiger partial charge on any atom is 0.400 e. The van der Waals surface area contributed by atoms with Crippen molar-refractivity contribution in [3.63, 3.8) is 0 Å². The number of hydrogen-bond acceptors (Lipinski definition) is 4. The molecule has 8 heteroatoms. The van der Waals surface area contributed by atoms with Crippen LogP contribution in [-0.4, -0.2) is 27.0 Å². The molecule has 0 bridgehead atoms. The molecule has 0 saturated heterocycles. The second-order valence-corrected chi connectivity index (χ2v) is 4.49. The summed E-state index contributed by atoms with van der Waals surface area (Å²) in [5, 5.41) is 16.9. The Bertz CT molecular complexity index is 407. The first-order valence-corrected chi connectivity index (χ1v) is 5.64. The highest BCUT2D eigenvalue weighted by Crippen LogP contribution is 2.45. The average molecular weight is 250 g/mol. The molecule has 0 spiro atoms. The molecule has 0 fully saturated rings. The van der Waals surface area contributed by atoms with E-state index in [1.54, 1.807) is 0 Å². The van der Waals surface area contributed by atoms with Crippen LogP contribution in [0.3, 0.4) is 0 Å². The first-order chi connectivity index (χ1) is 7.15. The van der Waals surface area contributed by atoms with Gasteiger partial charge in [-0.05, 0) is 13.8 Å². The Balaban J connectivity index is 4.79. The minimum absolute atomic E-state index is 0.282. The maximum absolute atomic E-state index is 11.2. The fraction of sp³-hybridized carbons (Fsp3) is 0.250. The summed E-state index contributed by atoms with van der Waals surface area (Å²) in [5.74, 6) is -2.14. The minimum atomic E-state index is -4.28. The van der Waals surface area contributed by atoms with Gasteiger partial charge in [0.2, 0.25) is 0 Å². The standard InChI is InChI=1S/C8H11O7P/c1-5(7(9)10)3-15-16(13,14)4-6(2)8(11)12/h3-4H,1-2H3,(H,9,10)(H,11,12)(H,13,14). The van der Waals surface area contributed by atoms with E-state index in [1.165, 1.54) is 0 Å². The molecule has 3 N–H and O–H groups in total. The molecule has 0 amide bonds. The molecule has 0 saturated carbocycles. The summed E-state index contributed by atoms with van der Waals surface area (Å²) >= 11 is 0. The fourth-order valence-corrected chi connectivity index (χ4v) is 1.51. The monoisotopic (exact) mass is 250 g/mol. The molecular weight excluding hydrogens is 239 g/mol. The molecule has 0 aliphatic heterocycles. The van der Waals surface area contributed by atoms with Gasteiger partial charge in [-0.3, -0.25) is 0 Å². The van der Waals surface area contributed by atoms with E-state index >= 15 is 0 Å². The minimum Gasteiger partial charge on any atom is -0.478 e. The van der Waals surface area contributed by atoms with Crippen LogP contribution in [0.4, 0.5) is 0 Å². The topological polar surface area (TPSA) is 121 Å². The Kier molecular flexibility index (Phi) is 4.94. The van der Waals surface area contributed by atoms with E-state index in [0.717, 1.165) is 13.8 Å². The van der Waals surface area contributed by atoms with Gasteiger partial charge in [0.05, 0.1) is 5.57 Å². The van der Waals surface area contributed by atoms with Gasteiger partial charge in [-0.2, -0.15) is 0 Å². The van der Waals surface area contributed by atoms with E-state index in [9.17, 15) is 14.2 Å². The van der Waals surface area contributed by atoms with E-state index in [4.69, 9.17) is 15.1 Å². The smallest absolute Gasteiger partial charge is 0.400 e. The van der Waals surface area contributed by atoms with Crippen molar-refractivity contribution in [3.8, 4) is 0 Å². The normalized spacial score (nSPS) is 16.4. The van der Waals surface area contributed by atoms with Crippen LogP contribution in [0, 0.1) is 0 Å². The van der Waals surface area contributed by atoms with E-state index in [0.29, 0.717) is 12.1 Å². The number of rotatable bonds is 5. The molecule has 0 aromatic carbocycles. The van der Waals surface area contributed by atoms with Crippen LogP contribution in [0.5, 0.6) is 0 Å². The van der Waals surface area contributed by atoms with E-state index in [2.05, 4.69) is 4.52 Å². The maximum atomic E-state index is 11.2. The average Bonchev–Trinajstić information content (AvgIpc) is 2.13. The third kappa shape index (κ3) is 5.33. The van der Waals surface area contributed by atoms with Crippen LogP contribution in [-0.2, 0) is 18.7 Å². The molecule has 16 heavy (non-hydrogen) atoms. The number of carboxylic acids is 2. The summed E-state index contributed by atoms with van der Waals surface area (Å²) in [6.45, 7) is 2.28. The van der Waals surface area contributed by atoms with Crippen LogP contribution in [0.1, 0.15) is 13.8 Å². The predicted octanol–water partition coefficient (Wildman–Crippen LogP) is 1.17. The molecule has 0 rings (SSSR count). The molecule has 0 aromatic rings. The van der Waals surface area contributed by atoms with E-state index in [1.807, 2.05) is 0 Å². The summed E-state index contributed by atoms with van der Waals surface area (Å²) in [4.78, 5) is 29.8. The molecule has 0 aromatic heterocycles. The molecular formula is C8H11O7P. The van der Waals surface area contributed by atoms with Crippen LogP contribution < -0.4 is 0 Å². The van der Waals surface area contributed by atoms with Gasteiger partial charge in [0.25, 0.3) is 0 Å². The van der Waals surface area contributed by atoms with E-state index in [-0.39, 0.29) is 11.1 Å². The molecule has 0 heterocycles. The second kappa shape index (κ2) is 5.48. The summed E-state index contributed by atoms with van der Waals surface area (Å²) in [6.07, 6.45) is 0.592. The van der Waals surface area contributed by atoms with Gasteiger partial charge in [0, 0.05) is 11.4 Å². The van der Waals surface area contributed by atoms with Gasteiger partial charge in [0.1, 0.15) is 6.26 Å². The Morgan fingerprint density at radius 1 is 1.12 bits per heavy atom. The highest BCUT2D eigenvalue weighted by Gasteiger charge is 2.18. The first-order valence-electron chi connectivity index (χ1n) is 3.99. The fourth-order valence-electron chi connectivity index (χ4n) is 0.535. The zero-order chi connectivity index (χ0) is 12.9. The molecule has 1 unspecified atom stereocenters. The molecule has 0 radical (unpaired) electrons. The van der Waals surface area contributed by atoms with Gasteiger partial charge >= 0.3 is 19.5 Å². The summed E-state index contributed by atoms with van der Waals surface area (Å²) in [5.41, 5.74) is -0.650. The number of hydrogen-bond donors (Lipinski definition) is 3. The van der Waals surface area contributed by atoms with Gasteiger partial charge in [-0.15, -0.1) is 0 Å². The molecule has 0 aliphatic carbocycles. The molecule has 90 valence electrons. The first kappa shape index (κ1) is 14.4. The largest absolute Gasteiger partial charge is 0.478 e. The van der Waals surface area contributed by atoms with Crippen molar-refractivity contribution in [2.45, 2.75) is 13.8 Å². The molecule has 0 aliphatic rings. The Hall–Kier alpha value is -1.59. The number of aliphatic carboxylic acids is 2. The Labute approximate surface area is 91.2 Å². The Morgan fingerprint density at radius 2 is 1.56 bits per heavy atom. The van der Waals surface area contributed by atoms with Gasteiger partial charge in [-0.25, -0.2) is 14.2 Å². The van der Waals surface area contributed by atoms with Crippen LogP contribution in [0.25, 0.3) is 0 Å². The van der Waals surface area contributed by atoms with Gasteiger partial charge in [0.15, 0.2) is 0 Å². The summed E-state index contributed by atoms with van der Waals surface area (Å²) < 4.78 is 15.5. The zero-order valence-corrected chi connectivity index (χ0v) is 9.47. The predicted molar refractivity (Wildman–Crippen MR) is 53.7 cm³/mol. The second-order valence-electron chi connectivity index (χ2n) is 2.89. The van der Waals surface area contributed by atoms with Crippen LogP contribution in [0.2, 0.25) is 0 Å². The zero-order valence-electron chi connectivity index (χ0n) is 8.58. The van der Waals surface area contributed by atoms with Gasteiger partial charge in [-0.1, -0.05) is 0 Å². The molecule has 1 atom stereocenters. The lowest BCUT2D eigenvalue weighted by Crippen LogP contribution is -1.98. The lowest BCUT2D eigenvalue weighted by atomic mass is 10.4. The van der Waals surface area contributed by atoms with Crippen molar-refractivity contribution < 1.29 is 33.8 Å². The third-order valence-corrected chi connectivity index (χ3v) is 2.53. The lowest BCUT2D eigenvalue weighted by Gasteiger charge is -2.06. The number of carbonyl (C=O) groups is 2. The van der Waals surface area contributed by atoms with Crippen molar-refractivity contribution in [3.05, 3.63) is 23.2 Å². The third-order valence-electron chi connectivity index (χ3n) is 1.41. The summed E-state index contributed by atoms with van der Waals surface area (Å²) in [6, 6.07) is 0. The SMILES string of the molecule is CC(=COP(=O)(O)C=C(C)C(=O)O)C(=O)O. The van der Waals surface area contributed by atoms with Crippen molar-refractivity contribution in [1.82, 2.24) is 0 Å². The van der Waals surface area contributed by atoms with Crippen molar-refractivity contribution >= 4 is 19.5 Å². The highest BCUT2D eigenvalue weighted by molar-refractivity contribution is 7.56. The lowest BCUT2D eigenvalue weighted by molar-refractivity contribution is -0.133. The van der Waals surface area contributed by atoms with Crippen molar-refractivity contribution in [1.29, 1.82) is 0 Å². The number of carboxylic acid groups (broad SMARTS) is 2. The van der Waals surface area contributed by atoms with Crippen molar-refractivity contribution in [2.24, 2.45) is 0 Å². The Morgan fingerprint density at radius 3 is 1.94 bits per heavy atom. The summed E-state index contributed by atoms with van der Waals surface area (Å²) in [7, 11) is -4.28.